The molecule has 0 bridgehead atoms. The molecule has 148 valence electrons. The first-order valence-corrected chi connectivity index (χ1v) is 10.4. The van der Waals surface area contributed by atoms with Gasteiger partial charge in [-0.1, -0.05) is 26.7 Å². The molecule has 1 fully saturated rings. The lowest BCUT2D eigenvalue weighted by molar-refractivity contribution is 0.0306. The summed E-state index contributed by atoms with van der Waals surface area (Å²) >= 11 is 0. The molecule has 1 rings (SSSR count). The maximum atomic E-state index is 10.8. The second-order valence-corrected chi connectivity index (χ2v) is 7.90. The third-order valence-corrected chi connectivity index (χ3v) is 5.15. The molecule has 0 amide bonds. The van der Waals surface area contributed by atoms with Crippen molar-refractivity contribution in [1.82, 2.24) is 15.5 Å². The Balaban J connectivity index is 2.57. The van der Waals surface area contributed by atoms with Crippen molar-refractivity contribution in [3.63, 3.8) is 0 Å². The molecular formula is C20H42N4O. The molecule has 0 aromatic carbocycles. The second kappa shape index (κ2) is 11.7. The van der Waals surface area contributed by atoms with Crippen molar-refractivity contribution in [3.8, 4) is 0 Å². The smallest absolute Gasteiger partial charge is 0.191 e. The quantitative estimate of drug-likeness (QED) is 0.417. The minimum absolute atomic E-state index is 0.479. The van der Waals surface area contributed by atoms with Gasteiger partial charge in [0.05, 0.1) is 12.1 Å². The number of aliphatic imine (C=N–C) groups is 1. The molecule has 25 heavy (non-hydrogen) atoms. The zero-order valence-electron chi connectivity index (χ0n) is 17.3. The van der Waals surface area contributed by atoms with Crippen LogP contribution in [0, 0.1) is 5.92 Å². The molecule has 0 aromatic rings. The Hall–Kier alpha value is -0.810. The molecule has 1 unspecified atom stereocenters. The largest absolute Gasteiger partial charge is 0.388 e. The van der Waals surface area contributed by atoms with Crippen molar-refractivity contribution in [2.24, 2.45) is 10.9 Å². The highest BCUT2D eigenvalue weighted by molar-refractivity contribution is 5.79. The molecule has 0 aliphatic carbocycles. The zero-order chi connectivity index (χ0) is 18.7. The van der Waals surface area contributed by atoms with Crippen LogP contribution < -0.4 is 10.6 Å². The summed E-state index contributed by atoms with van der Waals surface area (Å²) in [6, 6.07) is 0.628. The van der Waals surface area contributed by atoms with E-state index in [1.807, 2.05) is 0 Å². The first kappa shape index (κ1) is 22.2. The van der Waals surface area contributed by atoms with E-state index in [4.69, 9.17) is 4.99 Å². The Morgan fingerprint density at radius 3 is 2.44 bits per heavy atom. The number of aliphatic hydroxyl groups is 1. The summed E-state index contributed by atoms with van der Waals surface area (Å²) in [5.74, 6) is 1.51. The van der Waals surface area contributed by atoms with E-state index in [1.54, 1.807) is 0 Å². The van der Waals surface area contributed by atoms with Crippen LogP contribution in [0.15, 0.2) is 4.99 Å². The van der Waals surface area contributed by atoms with Crippen molar-refractivity contribution >= 4 is 5.96 Å². The third-order valence-electron chi connectivity index (χ3n) is 5.15. The van der Waals surface area contributed by atoms with Crippen molar-refractivity contribution in [2.45, 2.75) is 84.8 Å². The number of rotatable bonds is 10. The molecule has 1 heterocycles. The van der Waals surface area contributed by atoms with Gasteiger partial charge >= 0.3 is 0 Å². The Kier molecular flexibility index (Phi) is 10.4. The van der Waals surface area contributed by atoms with Gasteiger partial charge in [0.25, 0.3) is 0 Å². The molecule has 1 aliphatic heterocycles. The van der Waals surface area contributed by atoms with Gasteiger partial charge in [-0.2, -0.15) is 0 Å². The summed E-state index contributed by atoms with van der Waals surface area (Å²) in [6.45, 7) is 15.6. The summed E-state index contributed by atoms with van der Waals surface area (Å²) in [7, 11) is 0. The minimum Gasteiger partial charge on any atom is -0.388 e. The van der Waals surface area contributed by atoms with Crippen LogP contribution in [0.1, 0.15) is 73.1 Å². The highest BCUT2D eigenvalue weighted by Crippen LogP contribution is 2.20. The van der Waals surface area contributed by atoms with Gasteiger partial charge in [0.15, 0.2) is 5.96 Å². The lowest BCUT2D eigenvalue weighted by Gasteiger charge is -2.35. The molecule has 0 saturated carbocycles. The van der Waals surface area contributed by atoms with Gasteiger partial charge in [-0.05, 0) is 58.9 Å². The lowest BCUT2D eigenvalue weighted by atomic mass is 9.93. The van der Waals surface area contributed by atoms with Crippen LogP contribution in [-0.4, -0.2) is 60.3 Å². The molecule has 0 aromatic heterocycles. The standard InChI is InChI=1S/C20H42N4O/c1-6-11-20(25,12-7-2)16-23-19(21-8-3)22-14-18-10-9-13-24(15-18)17(4)5/h17-18,25H,6-16H2,1-5H3,(H2,21,22,23). The van der Waals surface area contributed by atoms with Crippen LogP contribution in [0.5, 0.6) is 0 Å². The van der Waals surface area contributed by atoms with Crippen molar-refractivity contribution < 1.29 is 5.11 Å². The van der Waals surface area contributed by atoms with E-state index in [0.717, 1.165) is 44.7 Å². The number of likely N-dealkylation sites (tertiary alicyclic amines) is 1. The second-order valence-electron chi connectivity index (χ2n) is 7.90. The Morgan fingerprint density at radius 1 is 1.20 bits per heavy atom. The SMILES string of the molecule is CCCC(O)(CCC)CN=C(NCC)NCC1CCCN(C(C)C)C1. The van der Waals surface area contributed by atoms with Gasteiger partial charge in [-0.3, -0.25) is 4.99 Å². The van der Waals surface area contributed by atoms with E-state index < -0.39 is 5.60 Å². The number of hydrogen-bond acceptors (Lipinski definition) is 3. The molecule has 0 radical (unpaired) electrons. The van der Waals surface area contributed by atoms with Crippen LogP contribution in [0.4, 0.5) is 0 Å². The average molecular weight is 355 g/mol. The molecular weight excluding hydrogens is 312 g/mol. The maximum Gasteiger partial charge on any atom is 0.191 e. The predicted molar refractivity (Wildman–Crippen MR) is 108 cm³/mol. The summed E-state index contributed by atoms with van der Waals surface area (Å²) in [5, 5.41) is 17.6. The highest BCUT2D eigenvalue weighted by atomic mass is 16.3. The highest BCUT2D eigenvalue weighted by Gasteiger charge is 2.25. The van der Waals surface area contributed by atoms with Gasteiger partial charge in [-0.25, -0.2) is 0 Å². The van der Waals surface area contributed by atoms with Crippen molar-refractivity contribution in [2.75, 3.05) is 32.7 Å². The normalized spacial score (nSPS) is 20.1. The molecule has 3 N–H and O–H groups in total. The van der Waals surface area contributed by atoms with E-state index in [2.05, 4.69) is 50.2 Å². The van der Waals surface area contributed by atoms with E-state index in [0.29, 0.717) is 18.5 Å². The number of nitrogens with zero attached hydrogens (tertiary/aromatic N) is 2. The number of guanidine groups is 1. The Morgan fingerprint density at radius 2 is 1.88 bits per heavy atom. The fourth-order valence-corrected chi connectivity index (χ4v) is 3.76. The number of nitrogens with one attached hydrogen (secondary N) is 2. The topological polar surface area (TPSA) is 59.9 Å². The van der Waals surface area contributed by atoms with E-state index >= 15 is 0 Å². The van der Waals surface area contributed by atoms with Gasteiger partial charge in [0, 0.05) is 25.7 Å². The maximum absolute atomic E-state index is 10.8. The van der Waals surface area contributed by atoms with E-state index in [1.165, 1.54) is 25.9 Å². The third kappa shape index (κ3) is 8.41. The number of hydrogen-bond donors (Lipinski definition) is 3. The first-order chi connectivity index (χ1) is 11.9. The minimum atomic E-state index is -0.662. The summed E-state index contributed by atoms with van der Waals surface area (Å²) < 4.78 is 0. The van der Waals surface area contributed by atoms with Crippen molar-refractivity contribution in [3.05, 3.63) is 0 Å². The van der Waals surface area contributed by atoms with Crippen LogP contribution in [0.3, 0.4) is 0 Å². The van der Waals surface area contributed by atoms with Crippen LogP contribution in [0.25, 0.3) is 0 Å². The van der Waals surface area contributed by atoms with Gasteiger partial charge in [-0.15, -0.1) is 0 Å². The monoisotopic (exact) mass is 354 g/mol. The molecule has 5 heteroatoms. The van der Waals surface area contributed by atoms with Gasteiger partial charge < -0.3 is 20.6 Å². The van der Waals surface area contributed by atoms with Crippen LogP contribution in [-0.2, 0) is 0 Å². The summed E-state index contributed by atoms with van der Waals surface area (Å²) in [5.41, 5.74) is -0.662. The number of piperidine rings is 1. The van der Waals surface area contributed by atoms with Crippen LogP contribution >= 0.6 is 0 Å². The van der Waals surface area contributed by atoms with Gasteiger partial charge in [0.1, 0.15) is 0 Å². The lowest BCUT2D eigenvalue weighted by Crippen LogP contribution is -2.46. The summed E-state index contributed by atoms with van der Waals surface area (Å²) in [6.07, 6.45) is 6.17. The molecule has 1 aliphatic rings. The summed E-state index contributed by atoms with van der Waals surface area (Å²) in [4.78, 5) is 7.26. The Bertz CT molecular complexity index is 378. The molecule has 0 spiro atoms. The molecule has 1 saturated heterocycles. The van der Waals surface area contributed by atoms with E-state index in [-0.39, 0.29) is 0 Å². The average Bonchev–Trinajstić information content (AvgIpc) is 2.58. The molecule has 1 atom stereocenters. The Labute approximate surface area is 155 Å². The van der Waals surface area contributed by atoms with Crippen molar-refractivity contribution in [1.29, 1.82) is 0 Å². The predicted octanol–water partition coefficient (Wildman–Crippen LogP) is 2.99. The van der Waals surface area contributed by atoms with Crippen LogP contribution in [0.2, 0.25) is 0 Å². The van der Waals surface area contributed by atoms with E-state index in [9.17, 15) is 5.11 Å². The fraction of sp³-hybridized carbons (Fsp3) is 0.950. The fourth-order valence-electron chi connectivity index (χ4n) is 3.76. The van der Waals surface area contributed by atoms with Gasteiger partial charge in [0.2, 0.25) is 0 Å². The zero-order valence-corrected chi connectivity index (χ0v) is 17.3. The first-order valence-electron chi connectivity index (χ1n) is 10.4. The molecule has 5 nitrogen and oxygen atoms in total.